The Morgan fingerprint density at radius 1 is 1.40 bits per heavy atom. The summed E-state index contributed by atoms with van der Waals surface area (Å²) in [6.07, 6.45) is 1.65. The van der Waals surface area contributed by atoms with Gasteiger partial charge in [-0.15, -0.1) is 0 Å². The molecule has 4 N–H and O–H groups in total. The number of hydrogen-bond acceptors (Lipinski definition) is 4. The first-order chi connectivity index (χ1) is 9.54. The number of nitrogens with two attached hydrogens (primary N) is 1. The van der Waals surface area contributed by atoms with Gasteiger partial charge in [-0.1, -0.05) is 0 Å². The number of hydrogen-bond donors (Lipinski definition) is 3. The predicted molar refractivity (Wildman–Crippen MR) is 80.3 cm³/mol. The van der Waals surface area contributed by atoms with Crippen molar-refractivity contribution in [3.05, 3.63) is 24.3 Å². The van der Waals surface area contributed by atoms with Gasteiger partial charge in [-0.05, 0) is 63.0 Å². The summed E-state index contributed by atoms with van der Waals surface area (Å²) < 4.78 is 0. The van der Waals surface area contributed by atoms with Gasteiger partial charge in [0.1, 0.15) is 0 Å². The number of anilines is 2. The number of nitrogen functional groups attached to an aromatic ring is 1. The number of nitrogens with one attached hydrogen (secondary N) is 1. The lowest BCUT2D eigenvalue weighted by Gasteiger charge is -2.32. The van der Waals surface area contributed by atoms with Crippen LogP contribution in [-0.4, -0.2) is 41.7 Å². The standard InChI is InChI=1S/C15H23N3O2/c1-11(19)12-6-8-18(9-7-12)10-15(20)17-14-4-2-13(16)3-5-14/h2-5,11-12,19H,6-10,16H2,1H3,(H,17,20). The second kappa shape index (κ2) is 6.72. The molecule has 2 rings (SSSR count). The van der Waals surface area contributed by atoms with Crippen molar-refractivity contribution < 1.29 is 9.90 Å². The molecule has 1 aromatic rings. The van der Waals surface area contributed by atoms with Crippen LogP contribution >= 0.6 is 0 Å². The molecule has 1 heterocycles. The Labute approximate surface area is 119 Å². The molecule has 0 spiro atoms. The Hall–Kier alpha value is -1.59. The van der Waals surface area contributed by atoms with E-state index in [1.165, 1.54) is 0 Å². The van der Waals surface area contributed by atoms with Gasteiger partial charge in [0.2, 0.25) is 5.91 Å². The first-order valence-electron chi connectivity index (χ1n) is 7.10. The molecule has 1 saturated heterocycles. The zero-order chi connectivity index (χ0) is 14.5. The van der Waals surface area contributed by atoms with Crippen LogP contribution < -0.4 is 11.1 Å². The Kier molecular flexibility index (Phi) is 4.98. The molecule has 0 bridgehead atoms. The van der Waals surface area contributed by atoms with Crippen LogP contribution in [0, 0.1) is 5.92 Å². The summed E-state index contributed by atoms with van der Waals surface area (Å²) >= 11 is 0. The highest BCUT2D eigenvalue weighted by Gasteiger charge is 2.23. The smallest absolute Gasteiger partial charge is 0.238 e. The van der Waals surface area contributed by atoms with Gasteiger partial charge in [-0.25, -0.2) is 0 Å². The fraction of sp³-hybridized carbons (Fsp3) is 0.533. The number of piperidine rings is 1. The molecular weight excluding hydrogens is 254 g/mol. The number of rotatable bonds is 4. The van der Waals surface area contributed by atoms with Crippen molar-refractivity contribution in [3.8, 4) is 0 Å². The van der Waals surface area contributed by atoms with Crippen LogP contribution in [0.4, 0.5) is 11.4 Å². The lowest BCUT2D eigenvalue weighted by molar-refractivity contribution is -0.117. The zero-order valence-corrected chi connectivity index (χ0v) is 11.9. The maximum absolute atomic E-state index is 11.9. The monoisotopic (exact) mass is 277 g/mol. The molecule has 0 saturated carbocycles. The number of carbonyl (C=O) groups excluding carboxylic acids is 1. The average molecular weight is 277 g/mol. The minimum absolute atomic E-state index is 0.00901. The molecule has 20 heavy (non-hydrogen) atoms. The first-order valence-corrected chi connectivity index (χ1v) is 7.10. The van der Waals surface area contributed by atoms with Crippen LogP contribution in [0.5, 0.6) is 0 Å². The molecule has 1 fully saturated rings. The van der Waals surface area contributed by atoms with Crippen LogP contribution in [0.15, 0.2) is 24.3 Å². The van der Waals surface area contributed by atoms with Crippen molar-refractivity contribution in [1.82, 2.24) is 4.90 Å². The van der Waals surface area contributed by atoms with Gasteiger partial charge in [-0.3, -0.25) is 9.69 Å². The van der Waals surface area contributed by atoms with Crippen LogP contribution in [-0.2, 0) is 4.79 Å². The number of aliphatic hydroxyl groups is 1. The van der Waals surface area contributed by atoms with Gasteiger partial charge in [-0.2, -0.15) is 0 Å². The van der Waals surface area contributed by atoms with Crippen LogP contribution in [0.1, 0.15) is 19.8 Å². The largest absolute Gasteiger partial charge is 0.399 e. The Morgan fingerprint density at radius 2 is 2.00 bits per heavy atom. The van der Waals surface area contributed by atoms with Gasteiger partial charge in [0.25, 0.3) is 0 Å². The van der Waals surface area contributed by atoms with E-state index < -0.39 is 0 Å². The molecule has 110 valence electrons. The van der Waals surface area contributed by atoms with E-state index in [4.69, 9.17) is 5.73 Å². The summed E-state index contributed by atoms with van der Waals surface area (Å²) in [5.41, 5.74) is 7.05. The number of likely N-dealkylation sites (tertiary alicyclic amines) is 1. The molecule has 0 radical (unpaired) electrons. The summed E-state index contributed by atoms with van der Waals surface area (Å²) in [6.45, 7) is 3.97. The molecule has 1 aromatic carbocycles. The van der Waals surface area contributed by atoms with E-state index >= 15 is 0 Å². The maximum Gasteiger partial charge on any atom is 0.238 e. The number of amides is 1. The third kappa shape index (κ3) is 4.21. The molecule has 5 nitrogen and oxygen atoms in total. The van der Waals surface area contributed by atoms with Crippen molar-refractivity contribution in [2.45, 2.75) is 25.9 Å². The van der Waals surface area contributed by atoms with E-state index in [-0.39, 0.29) is 12.0 Å². The van der Waals surface area contributed by atoms with Crippen molar-refractivity contribution in [1.29, 1.82) is 0 Å². The molecule has 1 amide bonds. The first kappa shape index (κ1) is 14.8. The van der Waals surface area contributed by atoms with E-state index in [0.717, 1.165) is 31.6 Å². The predicted octanol–water partition coefficient (Wildman–Crippen LogP) is 1.30. The lowest BCUT2D eigenvalue weighted by Crippen LogP contribution is -2.41. The summed E-state index contributed by atoms with van der Waals surface area (Å²) in [5, 5.41) is 12.4. The molecule has 0 aliphatic carbocycles. The minimum atomic E-state index is -0.249. The topological polar surface area (TPSA) is 78.6 Å². The van der Waals surface area contributed by atoms with Crippen molar-refractivity contribution >= 4 is 17.3 Å². The highest BCUT2D eigenvalue weighted by atomic mass is 16.3. The van der Waals surface area contributed by atoms with E-state index in [1.807, 2.05) is 6.92 Å². The maximum atomic E-state index is 11.9. The molecular formula is C15H23N3O2. The van der Waals surface area contributed by atoms with Gasteiger partial charge < -0.3 is 16.2 Å². The fourth-order valence-corrected chi connectivity index (χ4v) is 2.56. The van der Waals surface area contributed by atoms with Crippen LogP contribution in [0.25, 0.3) is 0 Å². The van der Waals surface area contributed by atoms with Crippen molar-refractivity contribution in [3.63, 3.8) is 0 Å². The van der Waals surface area contributed by atoms with Crippen molar-refractivity contribution in [2.75, 3.05) is 30.7 Å². The molecule has 1 aliphatic heterocycles. The van der Waals surface area contributed by atoms with E-state index in [9.17, 15) is 9.90 Å². The SMILES string of the molecule is CC(O)C1CCN(CC(=O)Nc2ccc(N)cc2)CC1. The highest BCUT2D eigenvalue weighted by molar-refractivity contribution is 5.92. The molecule has 1 atom stereocenters. The second-order valence-corrected chi connectivity index (χ2v) is 5.52. The van der Waals surface area contributed by atoms with E-state index in [1.54, 1.807) is 24.3 Å². The second-order valence-electron chi connectivity index (χ2n) is 5.52. The van der Waals surface area contributed by atoms with Gasteiger partial charge in [0, 0.05) is 11.4 Å². The van der Waals surface area contributed by atoms with Gasteiger partial charge in [0.15, 0.2) is 0 Å². The van der Waals surface area contributed by atoms with Gasteiger partial charge >= 0.3 is 0 Å². The lowest BCUT2D eigenvalue weighted by atomic mass is 9.92. The van der Waals surface area contributed by atoms with Crippen LogP contribution in [0.2, 0.25) is 0 Å². The fourth-order valence-electron chi connectivity index (χ4n) is 2.56. The molecule has 5 heteroatoms. The summed E-state index contributed by atoms with van der Waals surface area (Å²) in [6, 6.07) is 7.13. The summed E-state index contributed by atoms with van der Waals surface area (Å²) in [5.74, 6) is 0.358. The normalized spacial score (nSPS) is 18.7. The third-order valence-electron chi connectivity index (χ3n) is 3.88. The molecule has 0 aromatic heterocycles. The Bertz CT molecular complexity index is 437. The number of aliphatic hydroxyl groups excluding tert-OH is 1. The summed E-state index contributed by atoms with van der Waals surface area (Å²) in [7, 11) is 0. The number of benzene rings is 1. The minimum Gasteiger partial charge on any atom is -0.399 e. The number of carbonyl (C=O) groups is 1. The Morgan fingerprint density at radius 3 is 2.55 bits per heavy atom. The van der Waals surface area contributed by atoms with Gasteiger partial charge in [0.05, 0.1) is 12.6 Å². The molecule has 1 aliphatic rings. The quantitative estimate of drug-likeness (QED) is 0.725. The van der Waals surface area contributed by atoms with E-state index in [2.05, 4.69) is 10.2 Å². The highest BCUT2D eigenvalue weighted by Crippen LogP contribution is 2.20. The van der Waals surface area contributed by atoms with Crippen molar-refractivity contribution in [2.24, 2.45) is 5.92 Å². The molecule has 1 unspecified atom stereocenters. The third-order valence-corrected chi connectivity index (χ3v) is 3.88. The Balaban J connectivity index is 1.77. The van der Waals surface area contributed by atoms with Crippen LogP contribution in [0.3, 0.4) is 0 Å². The average Bonchev–Trinajstić information content (AvgIpc) is 2.42. The van der Waals surface area contributed by atoms with E-state index in [0.29, 0.717) is 18.2 Å². The zero-order valence-electron chi connectivity index (χ0n) is 11.9. The number of nitrogens with zero attached hydrogens (tertiary/aromatic N) is 1. The summed E-state index contributed by atoms with van der Waals surface area (Å²) in [4.78, 5) is 14.1.